The molecule has 258 valence electrons. The van der Waals surface area contributed by atoms with Gasteiger partial charge in [0.2, 0.25) is 0 Å². The van der Waals surface area contributed by atoms with Gasteiger partial charge >= 0.3 is 0 Å². The van der Waals surface area contributed by atoms with Crippen LogP contribution in [-0.4, -0.2) is 19.9 Å². The molecule has 2 aromatic heterocycles. The molecule has 2 heterocycles. The third-order valence-electron chi connectivity index (χ3n) is 10.0. The molecule has 8 aromatic carbocycles. The van der Waals surface area contributed by atoms with E-state index in [0.29, 0.717) is 17.5 Å². The van der Waals surface area contributed by atoms with Gasteiger partial charge in [-0.3, -0.25) is 0 Å². The Morgan fingerprint density at radius 1 is 0.345 bits per heavy atom. The SMILES string of the molecule is c1ccc(-c2nc(-c3ccccc3)nc(-c3cccc4nc(-c5ccccc5)c5c(N(c6ccccc6)c6ccccc6)cc6ccccc6c5c34)n2)cc1. The van der Waals surface area contributed by atoms with Crippen LogP contribution in [0.4, 0.5) is 17.1 Å². The summed E-state index contributed by atoms with van der Waals surface area (Å²) in [5.41, 5.74) is 8.67. The number of fused-ring (bicyclic) bond motifs is 5. The molecule has 5 heteroatoms. The first-order valence-electron chi connectivity index (χ1n) is 18.4. The van der Waals surface area contributed by atoms with Crippen LogP contribution in [0.15, 0.2) is 200 Å². The molecule has 10 rings (SSSR count). The van der Waals surface area contributed by atoms with E-state index in [-0.39, 0.29) is 0 Å². The molecule has 0 radical (unpaired) electrons. The first kappa shape index (κ1) is 32.2. The topological polar surface area (TPSA) is 54.8 Å². The molecule has 0 unspecified atom stereocenters. The summed E-state index contributed by atoms with van der Waals surface area (Å²) in [7, 11) is 0. The molecule has 0 aliphatic carbocycles. The van der Waals surface area contributed by atoms with Crippen molar-refractivity contribution >= 4 is 49.5 Å². The Balaban J connectivity index is 1.38. The molecule has 0 saturated carbocycles. The van der Waals surface area contributed by atoms with Crippen molar-refractivity contribution in [1.82, 2.24) is 19.9 Å². The second kappa shape index (κ2) is 13.8. The minimum atomic E-state index is 0.589. The maximum absolute atomic E-state index is 5.56. The minimum Gasteiger partial charge on any atom is -0.310 e. The molecule has 0 aliphatic rings. The van der Waals surface area contributed by atoms with Gasteiger partial charge in [0.1, 0.15) is 0 Å². The number of aromatic nitrogens is 4. The number of para-hydroxylation sites is 2. The lowest BCUT2D eigenvalue weighted by molar-refractivity contribution is 1.08. The van der Waals surface area contributed by atoms with Crippen LogP contribution in [0.5, 0.6) is 0 Å². The van der Waals surface area contributed by atoms with Gasteiger partial charge in [-0.05, 0) is 47.2 Å². The van der Waals surface area contributed by atoms with E-state index >= 15 is 0 Å². The van der Waals surface area contributed by atoms with Crippen molar-refractivity contribution in [1.29, 1.82) is 0 Å². The molecule has 55 heavy (non-hydrogen) atoms. The van der Waals surface area contributed by atoms with E-state index in [1.165, 1.54) is 0 Å². The van der Waals surface area contributed by atoms with Crippen molar-refractivity contribution in [3.05, 3.63) is 200 Å². The molecule has 0 fully saturated rings. The highest BCUT2D eigenvalue weighted by Crippen LogP contribution is 2.48. The van der Waals surface area contributed by atoms with Crippen molar-refractivity contribution in [2.45, 2.75) is 0 Å². The summed E-state index contributed by atoms with van der Waals surface area (Å²) in [6.07, 6.45) is 0. The van der Waals surface area contributed by atoms with Crippen LogP contribution < -0.4 is 4.90 Å². The first-order chi connectivity index (χ1) is 27.3. The fraction of sp³-hybridized carbons (Fsp3) is 0. The van der Waals surface area contributed by atoms with E-state index in [9.17, 15) is 0 Å². The molecule has 0 saturated heterocycles. The van der Waals surface area contributed by atoms with E-state index in [4.69, 9.17) is 19.9 Å². The van der Waals surface area contributed by atoms with Gasteiger partial charge in [0, 0.05) is 49.8 Å². The van der Waals surface area contributed by atoms with E-state index in [2.05, 4.69) is 144 Å². The van der Waals surface area contributed by atoms with Gasteiger partial charge in [-0.1, -0.05) is 164 Å². The van der Waals surface area contributed by atoms with E-state index in [1.54, 1.807) is 0 Å². The molecular formula is C50H33N5. The van der Waals surface area contributed by atoms with Crippen LogP contribution in [0.3, 0.4) is 0 Å². The fourth-order valence-corrected chi connectivity index (χ4v) is 7.58. The number of anilines is 3. The molecule has 0 bridgehead atoms. The van der Waals surface area contributed by atoms with Gasteiger partial charge < -0.3 is 4.90 Å². The molecule has 0 spiro atoms. The summed E-state index contributed by atoms with van der Waals surface area (Å²) in [5, 5.41) is 5.36. The van der Waals surface area contributed by atoms with Gasteiger partial charge in [0.05, 0.1) is 16.9 Å². The number of rotatable bonds is 7. The minimum absolute atomic E-state index is 0.589. The second-order valence-electron chi connectivity index (χ2n) is 13.4. The maximum atomic E-state index is 5.56. The number of nitrogens with zero attached hydrogens (tertiary/aromatic N) is 5. The second-order valence-corrected chi connectivity index (χ2v) is 13.4. The van der Waals surface area contributed by atoms with E-state index < -0.39 is 0 Å². The van der Waals surface area contributed by atoms with Crippen molar-refractivity contribution < 1.29 is 0 Å². The van der Waals surface area contributed by atoms with Crippen LogP contribution in [0.2, 0.25) is 0 Å². The van der Waals surface area contributed by atoms with Crippen molar-refractivity contribution in [3.63, 3.8) is 0 Å². The summed E-state index contributed by atoms with van der Waals surface area (Å²) in [5.74, 6) is 1.82. The van der Waals surface area contributed by atoms with Crippen LogP contribution in [0, 0.1) is 0 Å². The average molecular weight is 704 g/mol. The standard InChI is InChI=1S/C50H33N5/c1-6-19-34(20-7-1)47-46-43(55(38-26-12-4-13-27-38)39-28-14-5-15-29-39)33-37-25-16-17-30-40(37)45(46)44-41(31-18-32-42(44)51-47)50-53-48(35-21-8-2-9-22-35)52-49(54-50)36-23-10-3-11-24-36/h1-33H. The number of pyridine rings is 1. The van der Waals surface area contributed by atoms with E-state index in [1.807, 2.05) is 60.7 Å². The van der Waals surface area contributed by atoms with Crippen LogP contribution in [0.25, 0.3) is 77.9 Å². The number of hydrogen-bond acceptors (Lipinski definition) is 5. The van der Waals surface area contributed by atoms with Gasteiger partial charge in [-0.15, -0.1) is 0 Å². The zero-order valence-corrected chi connectivity index (χ0v) is 29.8. The quantitative estimate of drug-likeness (QED) is 0.155. The Bertz CT molecular complexity index is 2860. The lowest BCUT2D eigenvalue weighted by atomic mass is 9.91. The zero-order valence-electron chi connectivity index (χ0n) is 29.8. The molecule has 0 amide bonds. The van der Waals surface area contributed by atoms with Crippen molar-refractivity contribution in [2.75, 3.05) is 4.90 Å². The predicted octanol–water partition coefficient (Wildman–Crippen LogP) is 12.9. The first-order valence-corrected chi connectivity index (χ1v) is 18.4. The summed E-state index contributed by atoms with van der Waals surface area (Å²) < 4.78 is 0. The Morgan fingerprint density at radius 2 is 0.836 bits per heavy atom. The van der Waals surface area contributed by atoms with Crippen LogP contribution in [-0.2, 0) is 0 Å². The summed E-state index contributed by atoms with van der Waals surface area (Å²) in [6.45, 7) is 0. The highest BCUT2D eigenvalue weighted by molar-refractivity contribution is 6.29. The van der Waals surface area contributed by atoms with Gasteiger partial charge in [0.15, 0.2) is 17.5 Å². The van der Waals surface area contributed by atoms with Crippen molar-refractivity contribution in [2.24, 2.45) is 0 Å². The highest BCUT2D eigenvalue weighted by atomic mass is 15.1. The summed E-state index contributed by atoms with van der Waals surface area (Å²) >= 11 is 0. The smallest absolute Gasteiger partial charge is 0.164 e. The van der Waals surface area contributed by atoms with Gasteiger partial charge in [-0.25, -0.2) is 19.9 Å². The maximum Gasteiger partial charge on any atom is 0.164 e. The lowest BCUT2D eigenvalue weighted by Gasteiger charge is -2.29. The van der Waals surface area contributed by atoms with Crippen molar-refractivity contribution in [3.8, 4) is 45.4 Å². The Labute approximate surface area is 318 Å². The molecule has 5 nitrogen and oxygen atoms in total. The molecule has 0 aliphatic heterocycles. The van der Waals surface area contributed by atoms with Gasteiger partial charge in [0.25, 0.3) is 0 Å². The zero-order chi connectivity index (χ0) is 36.6. The molecule has 10 aromatic rings. The predicted molar refractivity (Wildman–Crippen MR) is 227 cm³/mol. The Morgan fingerprint density at radius 3 is 1.42 bits per heavy atom. The largest absolute Gasteiger partial charge is 0.310 e. The third kappa shape index (κ3) is 5.85. The number of benzene rings is 8. The molecule has 0 atom stereocenters. The third-order valence-corrected chi connectivity index (χ3v) is 10.0. The summed E-state index contributed by atoms with van der Waals surface area (Å²) in [6, 6.07) is 69.2. The highest BCUT2D eigenvalue weighted by Gasteiger charge is 2.25. The number of hydrogen-bond donors (Lipinski definition) is 0. The van der Waals surface area contributed by atoms with Gasteiger partial charge in [-0.2, -0.15) is 0 Å². The summed E-state index contributed by atoms with van der Waals surface area (Å²) in [4.78, 5) is 23.3. The molecular weight excluding hydrogens is 671 g/mol. The fourth-order valence-electron chi connectivity index (χ4n) is 7.58. The Hall–Kier alpha value is -7.50. The molecule has 0 N–H and O–H groups in total. The average Bonchev–Trinajstić information content (AvgIpc) is 3.27. The van der Waals surface area contributed by atoms with Crippen LogP contribution in [0.1, 0.15) is 0 Å². The Kier molecular flexibility index (Phi) is 8.08. The van der Waals surface area contributed by atoms with E-state index in [0.717, 1.165) is 77.5 Å². The van der Waals surface area contributed by atoms with Crippen LogP contribution >= 0.6 is 0 Å². The lowest BCUT2D eigenvalue weighted by Crippen LogP contribution is -2.11. The normalized spacial score (nSPS) is 11.3. The monoisotopic (exact) mass is 703 g/mol.